The summed E-state index contributed by atoms with van der Waals surface area (Å²) in [7, 11) is 0. The lowest BCUT2D eigenvalue weighted by atomic mass is 9.96. The van der Waals surface area contributed by atoms with Crippen molar-refractivity contribution < 1.29 is 27.5 Å². The lowest BCUT2D eigenvalue weighted by molar-refractivity contribution is -0.137. The van der Waals surface area contributed by atoms with Crippen LogP contribution in [0.1, 0.15) is 18.4 Å². The van der Waals surface area contributed by atoms with E-state index in [-0.39, 0.29) is 24.5 Å². The number of carbonyl (C=O) groups is 1. The molecule has 0 aliphatic carbocycles. The molecule has 1 saturated heterocycles. The van der Waals surface area contributed by atoms with Crippen molar-refractivity contribution in [2.45, 2.75) is 24.7 Å². The number of anilines is 1. The Morgan fingerprint density at radius 3 is 2.78 bits per heavy atom. The number of halogens is 4. The summed E-state index contributed by atoms with van der Waals surface area (Å²) >= 11 is 0. The van der Waals surface area contributed by atoms with Gasteiger partial charge in [0.15, 0.2) is 11.5 Å². The van der Waals surface area contributed by atoms with Crippen molar-refractivity contribution in [1.29, 1.82) is 0 Å². The summed E-state index contributed by atoms with van der Waals surface area (Å²) in [6, 6.07) is 4.16. The highest BCUT2D eigenvalue weighted by Crippen LogP contribution is 2.33. The number of nitrogens with zero attached hydrogens (tertiary/aromatic N) is 4. The molecule has 1 aromatic carbocycles. The predicted molar refractivity (Wildman–Crippen MR) is 87.1 cm³/mol. The summed E-state index contributed by atoms with van der Waals surface area (Å²) in [4.78, 5) is 13.4. The van der Waals surface area contributed by atoms with Gasteiger partial charge in [0.25, 0.3) is 0 Å². The van der Waals surface area contributed by atoms with E-state index < -0.39 is 30.0 Å². The average Bonchev–Trinajstić information content (AvgIpc) is 3.09. The van der Waals surface area contributed by atoms with Crippen molar-refractivity contribution in [3.63, 3.8) is 0 Å². The number of alkyl halides is 4. The van der Waals surface area contributed by atoms with Crippen LogP contribution in [0.25, 0.3) is 5.69 Å². The summed E-state index contributed by atoms with van der Waals surface area (Å²) in [5.41, 5.74) is -2.99. The zero-order valence-electron chi connectivity index (χ0n) is 14.1. The number of para-hydroxylation sites is 1. The van der Waals surface area contributed by atoms with Crippen molar-refractivity contribution in [2.75, 3.05) is 25.0 Å². The van der Waals surface area contributed by atoms with Crippen LogP contribution >= 0.6 is 0 Å². The van der Waals surface area contributed by atoms with Gasteiger partial charge in [-0.2, -0.15) is 13.2 Å². The molecule has 1 aromatic heterocycles. The summed E-state index contributed by atoms with van der Waals surface area (Å²) < 4.78 is 54.4. The van der Waals surface area contributed by atoms with Gasteiger partial charge >= 0.3 is 12.2 Å². The molecular weight excluding hydrogens is 370 g/mol. The van der Waals surface area contributed by atoms with E-state index >= 15 is 0 Å². The van der Waals surface area contributed by atoms with Gasteiger partial charge < -0.3 is 10.0 Å². The number of aliphatic hydroxyl groups excluding tert-OH is 1. The van der Waals surface area contributed by atoms with Crippen molar-refractivity contribution in [3.8, 4) is 5.69 Å². The van der Waals surface area contributed by atoms with Crippen LogP contribution in [0.15, 0.2) is 30.5 Å². The van der Waals surface area contributed by atoms with Crippen molar-refractivity contribution >= 4 is 11.8 Å². The van der Waals surface area contributed by atoms with E-state index in [1.54, 1.807) is 0 Å². The van der Waals surface area contributed by atoms with Crippen LogP contribution < -0.4 is 5.32 Å². The second kappa shape index (κ2) is 7.14. The highest BCUT2D eigenvalue weighted by atomic mass is 19.4. The first-order valence-corrected chi connectivity index (χ1v) is 8.16. The SMILES string of the molecule is O=C(Nc1cn(-c2ccccc2C(F)(F)F)nn1)N1CCCC(F)(CO)C1. The molecule has 1 fully saturated rings. The molecule has 7 nitrogen and oxygen atoms in total. The van der Waals surface area contributed by atoms with E-state index in [1.807, 2.05) is 0 Å². The first-order chi connectivity index (χ1) is 12.7. The molecule has 1 atom stereocenters. The fourth-order valence-corrected chi connectivity index (χ4v) is 2.93. The third-order valence-corrected chi connectivity index (χ3v) is 4.28. The number of amides is 2. The van der Waals surface area contributed by atoms with Crippen LogP contribution in [0.3, 0.4) is 0 Å². The molecule has 11 heteroatoms. The van der Waals surface area contributed by atoms with Crippen LogP contribution in [0.5, 0.6) is 0 Å². The fourth-order valence-electron chi connectivity index (χ4n) is 2.93. The third kappa shape index (κ3) is 4.18. The number of nitrogens with one attached hydrogen (secondary N) is 1. The standard InChI is InChI=1S/C16H17F4N5O2/c17-15(10-26)6-3-7-24(9-15)14(27)21-13-8-25(23-22-13)12-5-2-1-4-11(12)16(18,19)20/h1-2,4-5,8,26H,3,6-7,9-10H2,(H,21,27). The second-order valence-electron chi connectivity index (χ2n) is 6.33. The number of urea groups is 1. The number of piperidine rings is 1. The quantitative estimate of drug-likeness (QED) is 0.794. The molecule has 0 radical (unpaired) electrons. The highest BCUT2D eigenvalue weighted by molar-refractivity contribution is 5.88. The molecule has 2 heterocycles. The lowest BCUT2D eigenvalue weighted by Crippen LogP contribution is -2.51. The summed E-state index contributed by atoms with van der Waals surface area (Å²) in [5.74, 6) is -0.0731. The van der Waals surface area contributed by atoms with E-state index in [1.165, 1.54) is 23.1 Å². The number of aromatic nitrogens is 3. The molecule has 146 valence electrons. The zero-order chi connectivity index (χ0) is 19.7. The van der Waals surface area contributed by atoms with Gasteiger partial charge in [0.05, 0.1) is 30.6 Å². The maximum Gasteiger partial charge on any atom is 0.418 e. The van der Waals surface area contributed by atoms with Crippen LogP contribution in [0.4, 0.5) is 28.2 Å². The van der Waals surface area contributed by atoms with Gasteiger partial charge in [-0.15, -0.1) is 5.10 Å². The molecule has 0 bridgehead atoms. The van der Waals surface area contributed by atoms with Gasteiger partial charge in [0.2, 0.25) is 0 Å². The Bertz CT molecular complexity index is 825. The second-order valence-corrected chi connectivity index (χ2v) is 6.33. The molecule has 2 amide bonds. The van der Waals surface area contributed by atoms with Gasteiger partial charge in [-0.1, -0.05) is 17.3 Å². The summed E-state index contributed by atoms with van der Waals surface area (Å²) in [6.45, 7) is -0.676. The molecule has 0 saturated carbocycles. The van der Waals surface area contributed by atoms with Gasteiger partial charge in [-0.3, -0.25) is 5.32 Å². The maximum atomic E-state index is 14.2. The maximum absolute atomic E-state index is 14.2. The highest BCUT2D eigenvalue weighted by Gasteiger charge is 2.37. The Morgan fingerprint density at radius 1 is 1.33 bits per heavy atom. The van der Waals surface area contributed by atoms with Crippen molar-refractivity contribution in [1.82, 2.24) is 19.9 Å². The molecule has 2 N–H and O–H groups in total. The Hall–Kier alpha value is -2.69. The van der Waals surface area contributed by atoms with Crippen molar-refractivity contribution in [2.24, 2.45) is 0 Å². The van der Waals surface area contributed by atoms with E-state index in [0.29, 0.717) is 13.0 Å². The Balaban J connectivity index is 1.75. The first-order valence-electron chi connectivity index (χ1n) is 8.16. The molecule has 1 unspecified atom stereocenters. The van der Waals surface area contributed by atoms with Gasteiger partial charge in [-0.05, 0) is 25.0 Å². The van der Waals surface area contributed by atoms with Crippen LogP contribution in [0, 0.1) is 0 Å². The summed E-state index contributed by atoms with van der Waals surface area (Å²) in [5, 5.41) is 18.8. The molecule has 2 aromatic rings. The number of carbonyl (C=O) groups excluding carboxylic acids is 1. The largest absolute Gasteiger partial charge is 0.418 e. The average molecular weight is 387 g/mol. The number of likely N-dealkylation sites (tertiary alicyclic amines) is 1. The van der Waals surface area contributed by atoms with Crippen LogP contribution in [-0.4, -0.2) is 56.4 Å². The normalized spacial score (nSPS) is 20.6. The van der Waals surface area contributed by atoms with E-state index in [4.69, 9.17) is 5.11 Å². The lowest BCUT2D eigenvalue weighted by Gasteiger charge is -2.35. The molecule has 27 heavy (non-hydrogen) atoms. The van der Waals surface area contributed by atoms with Gasteiger partial charge in [0, 0.05) is 6.54 Å². The Morgan fingerprint density at radius 2 is 2.07 bits per heavy atom. The van der Waals surface area contributed by atoms with Crippen molar-refractivity contribution in [3.05, 3.63) is 36.0 Å². The molecule has 1 aliphatic rings. The third-order valence-electron chi connectivity index (χ3n) is 4.28. The smallest absolute Gasteiger partial charge is 0.393 e. The number of aliphatic hydroxyl groups is 1. The topological polar surface area (TPSA) is 83.3 Å². The molecule has 3 rings (SSSR count). The van der Waals surface area contributed by atoms with Crippen LogP contribution in [-0.2, 0) is 6.18 Å². The number of rotatable bonds is 3. The Kier molecular flexibility index (Phi) is 5.05. The van der Waals surface area contributed by atoms with E-state index in [2.05, 4.69) is 15.6 Å². The zero-order valence-corrected chi connectivity index (χ0v) is 14.1. The number of benzene rings is 1. The molecular formula is C16H17F4N5O2. The van der Waals surface area contributed by atoms with Gasteiger partial charge in [0.1, 0.15) is 0 Å². The van der Waals surface area contributed by atoms with E-state index in [0.717, 1.165) is 16.9 Å². The van der Waals surface area contributed by atoms with E-state index in [9.17, 15) is 22.4 Å². The minimum atomic E-state index is -4.57. The van der Waals surface area contributed by atoms with Crippen LogP contribution in [0.2, 0.25) is 0 Å². The minimum Gasteiger partial charge on any atom is -0.393 e. The predicted octanol–water partition coefficient (Wildman–Crippen LogP) is 2.61. The van der Waals surface area contributed by atoms with Gasteiger partial charge in [-0.25, -0.2) is 13.9 Å². The molecule has 0 spiro atoms. The minimum absolute atomic E-state index is 0.0731. The Labute approximate surface area is 151 Å². The number of hydrogen-bond acceptors (Lipinski definition) is 4. The number of hydrogen-bond donors (Lipinski definition) is 2. The monoisotopic (exact) mass is 387 g/mol. The molecule has 1 aliphatic heterocycles. The summed E-state index contributed by atoms with van der Waals surface area (Å²) in [6.07, 6.45) is -2.90. The fraction of sp³-hybridized carbons (Fsp3) is 0.438. The first kappa shape index (κ1) is 19.1.